The van der Waals surface area contributed by atoms with E-state index >= 15 is 0 Å². The van der Waals surface area contributed by atoms with Crippen LogP contribution >= 0.6 is 0 Å². The molecule has 26 heavy (non-hydrogen) atoms. The molecule has 0 N–H and O–H groups in total. The van der Waals surface area contributed by atoms with E-state index in [1.54, 1.807) is 18.1 Å². The molecule has 2 fully saturated rings. The third-order valence-corrected chi connectivity index (χ3v) is 5.00. The maximum Gasteiger partial charge on any atom is 0.224 e. The van der Waals surface area contributed by atoms with Crippen LogP contribution < -0.4 is 9.64 Å². The summed E-state index contributed by atoms with van der Waals surface area (Å²) in [6.07, 6.45) is 1.66. The Morgan fingerprint density at radius 2 is 1.85 bits per heavy atom. The molecule has 7 nitrogen and oxygen atoms in total. The lowest BCUT2D eigenvalue weighted by Crippen LogP contribution is -2.48. The second-order valence-electron chi connectivity index (χ2n) is 6.58. The van der Waals surface area contributed by atoms with Gasteiger partial charge in [0.15, 0.2) is 5.79 Å². The number of hydrogen-bond donors (Lipinski definition) is 0. The highest BCUT2D eigenvalue weighted by molar-refractivity contribution is 5.93. The zero-order valence-electron chi connectivity index (χ0n) is 15.4. The van der Waals surface area contributed by atoms with Gasteiger partial charge < -0.3 is 24.0 Å². The van der Waals surface area contributed by atoms with Crippen LogP contribution in [-0.2, 0) is 19.1 Å². The fourth-order valence-electron chi connectivity index (χ4n) is 3.55. The Hall–Kier alpha value is -2.12. The summed E-state index contributed by atoms with van der Waals surface area (Å²) in [5, 5.41) is 0. The van der Waals surface area contributed by atoms with Crippen molar-refractivity contribution in [2.24, 2.45) is 0 Å². The zero-order chi connectivity index (χ0) is 18.6. The molecule has 2 aliphatic heterocycles. The molecule has 0 atom stereocenters. The summed E-state index contributed by atoms with van der Waals surface area (Å²) in [4.78, 5) is 28.1. The number of nitrogens with zero attached hydrogens (tertiary/aromatic N) is 2. The molecule has 0 radical (unpaired) electrons. The van der Waals surface area contributed by atoms with Gasteiger partial charge in [-0.15, -0.1) is 0 Å². The van der Waals surface area contributed by atoms with E-state index in [0.29, 0.717) is 57.1 Å². The number of rotatable bonds is 5. The van der Waals surface area contributed by atoms with Crippen molar-refractivity contribution in [3.05, 3.63) is 24.3 Å². The van der Waals surface area contributed by atoms with E-state index in [0.717, 1.165) is 0 Å². The molecule has 1 aromatic rings. The largest absolute Gasteiger partial charge is 0.495 e. The SMILES string of the molecule is COc1ccccc1N(CCC(=O)N1CCC2(CC1)OCCO2)C(C)=O. The first kappa shape index (κ1) is 18.7. The van der Waals surface area contributed by atoms with Gasteiger partial charge in [-0.3, -0.25) is 9.59 Å². The minimum absolute atomic E-state index is 0.0407. The first-order valence-electron chi connectivity index (χ1n) is 9.01. The Morgan fingerprint density at radius 3 is 2.46 bits per heavy atom. The van der Waals surface area contributed by atoms with Crippen molar-refractivity contribution in [1.29, 1.82) is 0 Å². The molecular formula is C19H26N2O5. The second kappa shape index (κ2) is 8.05. The number of amides is 2. The monoisotopic (exact) mass is 362 g/mol. The summed E-state index contributed by atoms with van der Waals surface area (Å²) >= 11 is 0. The number of benzene rings is 1. The number of hydrogen-bond acceptors (Lipinski definition) is 5. The predicted octanol–water partition coefficient (Wildman–Crippen LogP) is 1.80. The van der Waals surface area contributed by atoms with Gasteiger partial charge in [0, 0.05) is 45.8 Å². The molecule has 1 aromatic carbocycles. The van der Waals surface area contributed by atoms with Crippen LogP contribution in [0.5, 0.6) is 5.75 Å². The fraction of sp³-hybridized carbons (Fsp3) is 0.579. The summed E-state index contributed by atoms with van der Waals surface area (Å²) in [7, 11) is 1.57. The minimum Gasteiger partial charge on any atom is -0.495 e. The lowest BCUT2D eigenvalue weighted by atomic mass is 10.0. The van der Waals surface area contributed by atoms with Crippen molar-refractivity contribution in [2.75, 3.05) is 44.9 Å². The van der Waals surface area contributed by atoms with Crippen LogP contribution in [-0.4, -0.2) is 62.5 Å². The Bertz CT molecular complexity index is 647. The number of ether oxygens (including phenoxy) is 3. The van der Waals surface area contributed by atoms with E-state index < -0.39 is 5.79 Å². The summed E-state index contributed by atoms with van der Waals surface area (Å²) in [6, 6.07) is 7.33. The first-order chi connectivity index (χ1) is 12.5. The Morgan fingerprint density at radius 1 is 1.19 bits per heavy atom. The molecule has 0 aromatic heterocycles. The molecule has 7 heteroatoms. The van der Waals surface area contributed by atoms with Crippen LogP contribution in [0.25, 0.3) is 0 Å². The van der Waals surface area contributed by atoms with Gasteiger partial charge >= 0.3 is 0 Å². The number of anilines is 1. The van der Waals surface area contributed by atoms with Crippen molar-refractivity contribution in [3.8, 4) is 5.75 Å². The van der Waals surface area contributed by atoms with Crippen LogP contribution in [0.15, 0.2) is 24.3 Å². The van der Waals surface area contributed by atoms with Crippen molar-refractivity contribution >= 4 is 17.5 Å². The minimum atomic E-state index is -0.487. The molecule has 0 saturated carbocycles. The molecule has 3 rings (SSSR count). The van der Waals surface area contributed by atoms with Crippen LogP contribution in [0.3, 0.4) is 0 Å². The van der Waals surface area contributed by atoms with Crippen molar-refractivity contribution in [2.45, 2.75) is 32.0 Å². The van der Waals surface area contributed by atoms with Crippen LogP contribution in [0.2, 0.25) is 0 Å². The quantitative estimate of drug-likeness (QED) is 0.799. The number of likely N-dealkylation sites (tertiary alicyclic amines) is 1. The fourth-order valence-corrected chi connectivity index (χ4v) is 3.55. The maximum absolute atomic E-state index is 12.6. The Balaban J connectivity index is 1.58. The van der Waals surface area contributed by atoms with Gasteiger partial charge in [-0.25, -0.2) is 0 Å². The third kappa shape index (κ3) is 3.99. The topological polar surface area (TPSA) is 68.3 Å². The summed E-state index contributed by atoms with van der Waals surface area (Å²) in [6.45, 7) is 4.31. The molecule has 2 aliphatic rings. The highest BCUT2D eigenvalue weighted by atomic mass is 16.7. The average Bonchev–Trinajstić information content (AvgIpc) is 3.10. The van der Waals surface area contributed by atoms with Crippen LogP contribution in [0, 0.1) is 0 Å². The number of methoxy groups -OCH3 is 1. The third-order valence-electron chi connectivity index (χ3n) is 5.00. The van der Waals surface area contributed by atoms with Crippen molar-refractivity contribution in [3.63, 3.8) is 0 Å². The van der Waals surface area contributed by atoms with Gasteiger partial charge in [0.2, 0.25) is 11.8 Å². The summed E-state index contributed by atoms with van der Waals surface area (Å²) < 4.78 is 16.7. The van der Waals surface area contributed by atoms with Gasteiger partial charge in [-0.1, -0.05) is 12.1 Å². The highest BCUT2D eigenvalue weighted by Crippen LogP contribution is 2.32. The molecule has 1 spiro atoms. The predicted molar refractivity (Wildman–Crippen MR) is 96.1 cm³/mol. The van der Waals surface area contributed by atoms with E-state index in [-0.39, 0.29) is 18.2 Å². The number of carbonyl (C=O) groups excluding carboxylic acids is 2. The Labute approximate surface area is 153 Å². The molecule has 142 valence electrons. The number of para-hydroxylation sites is 2. The van der Waals surface area contributed by atoms with E-state index in [1.807, 2.05) is 23.1 Å². The molecule has 0 unspecified atom stereocenters. The summed E-state index contributed by atoms with van der Waals surface area (Å²) in [5.74, 6) is 0.0526. The van der Waals surface area contributed by atoms with Gasteiger partial charge in [-0.2, -0.15) is 0 Å². The van der Waals surface area contributed by atoms with Gasteiger partial charge in [0.05, 0.1) is 26.0 Å². The molecule has 0 aliphatic carbocycles. The lowest BCUT2D eigenvalue weighted by molar-refractivity contribution is -0.187. The van der Waals surface area contributed by atoms with Gasteiger partial charge in [-0.05, 0) is 12.1 Å². The van der Waals surface area contributed by atoms with Gasteiger partial charge in [0.1, 0.15) is 5.75 Å². The normalized spacial score (nSPS) is 18.8. The molecule has 0 bridgehead atoms. The van der Waals surface area contributed by atoms with Crippen LogP contribution in [0.1, 0.15) is 26.2 Å². The second-order valence-corrected chi connectivity index (χ2v) is 6.58. The van der Waals surface area contributed by atoms with Crippen LogP contribution in [0.4, 0.5) is 5.69 Å². The highest BCUT2D eigenvalue weighted by Gasteiger charge is 2.40. The van der Waals surface area contributed by atoms with E-state index in [1.165, 1.54) is 6.92 Å². The molecule has 2 heterocycles. The van der Waals surface area contributed by atoms with E-state index in [2.05, 4.69) is 0 Å². The van der Waals surface area contributed by atoms with Crippen molar-refractivity contribution in [1.82, 2.24) is 4.90 Å². The molecular weight excluding hydrogens is 336 g/mol. The Kier molecular flexibility index (Phi) is 5.78. The lowest BCUT2D eigenvalue weighted by Gasteiger charge is -2.37. The smallest absolute Gasteiger partial charge is 0.224 e. The molecule has 2 amide bonds. The number of piperidine rings is 1. The number of carbonyl (C=O) groups is 2. The van der Waals surface area contributed by atoms with E-state index in [4.69, 9.17) is 14.2 Å². The standard InChI is InChI=1S/C19H26N2O5/c1-15(22)21(16-5-3-4-6-17(16)24-2)10-7-18(23)20-11-8-19(9-12-20)25-13-14-26-19/h3-6H,7-14H2,1-2H3. The maximum atomic E-state index is 12.6. The average molecular weight is 362 g/mol. The van der Waals surface area contributed by atoms with E-state index in [9.17, 15) is 9.59 Å². The molecule has 2 saturated heterocycles. The zero-order valence-corrected chi connectivity index (χ0v) is 15.4. The first-order valence-corrected chi connectivity index (χ1v) is 9.01. The van der Waals surface area contributed by atoms with Crippen molar-refractivity contribution < 1.29 is 23.8 Å². The van der Waals surface area contributed by atoms with Gasteiger partial charge in [0.25, 0.3) is 0 Å². The summed E-state index contributed by atoms with van der Waals surface area (Å²) in [5.41, 5.74) is 0.681.